The molecular formula is C18H19N5O2. The first-order chi connectivity index (χ1) is 12.2. The van der Waals surface area contributed by atoms with Gasteiger partial charge in [-0.1, -0.05) is 36.4 Å². The second-order valence-electron chi connectivity index (χ2n) is 5.47. The van der Waals surface area contributed by atoms with Crippen LogP contribution < -0.4 is 10.6 Å². The molecular weight excluding hydrogens is 318 g/mol. The van der Waals surface area contributed by atoms with Gasteiger partial charge >= 0.3 is 6.03 Å². The zero-order valence-corrected chi connectivity index (χ0v) is 13.5. The Balaban J connectivity index is 1.51. The monoisotopic (exact) mass is 337 g/mol. The van der Waals surface area contributed by atoms with E-state index in [2.05, 4.69) is 25.8 Å². The van der Waals surface area contributed by atoms with Crippen LogP contribution in [-0.4, -0.2) is 32.9 Å². The van der Waals surface area contributed by atoms with Crippen molar-refractivity contribution in [3.63, 3.8) is 0 Å². The Morgan fingerprint density at radius 1 is 1.16 bits per heavy atom. The number of nitrogens with zero attached hydrogens (tertiary/aromatic N) is 2. The molecule has 7 nitrogen and oxygen atoms in total. The fourth-order valence-corrected chi connectivity index (χ4v) is 2.42. The highest BCUT2D eigenvalue weighted by atomic mass is 16.3. The summed E-state index contributed by atoms with van der Waals surface area (Å²) in [5, 5.41) is 22.3. The zero-order chi connectivity index (χ0) is 17.5. The molecule has 25 heavy (non-hydrogen) atoms. The third kappa shape index (κ3) is 4.42. The average molecular weight is 337 g/mol. The number of nitrogens with one attached hydrogen (secondary N) is 3. The molecule has 4 N–H and O–H groups in total. The molecule has 0 aliphatic heterocycles. The van der Waals surface area contributed by atoms with Crippen LogP contribution in [0.1, 0.15) is 18.1 Å². The van der Waals surface area contributed by atoms with Gasteiger partial charge < -0.3 is 15.7 Å². The number of carbonyl (C=O) groups excluding carboxylic acids is 1. The van der Waals surface area contributed by atoms with Crippen LogP contribution in [0.5, 0.6) is 0 Å². The number of anilines is 1. The highest BCUT2D eigenvalue weighted by Gasteiger charge is 2.12. The van der Waals surface area contributed by atoms with Gasteiger partial charge in [-0.2, -0.15) is 5.10 Å². The van der Waals surface area contributed by atoms with E-state index in [-0.39, 0.29) is 6.03 Å². The molecule has 1 unspecified atom stereocenters. The molecule has 0 bridgehead atoms. The predicted molar refractivity (Wildman–Crippen MR) is 94.9 cm³/mol. The number of pyridine rings is 1. The van der Waals surface area contributed by atoms with Gasteiger partial charge in [0.05, 0.1) is 23.7 Å². The first kappa shape index (κ1) is 16.7. The number of rotatable bonds is 6. The van der Waals surface area contributed by atoms with Crippen molar-refractivity contribution in [2.45, 2.75) is 12.5 Å². The number of aromatic nitrogens is 3. The molecule has 0 fully saturated rings. The normalized spacial score (nSPS) is 11.7. The topological polar surface area (TPSA) is 103 Å². The predicted octanol–water partition coefficient (Wildman–Crippen LogP) is 2.72. The molecule has 2 heterocycles. The molecule has 0 radical (unpaired) electrons. The van der Waals surface area contributed by atoms with Gasteiger partial charge in [0.15, 0.2) is 0 Å². The number of aliphatic hydroxyl groups is 1. The van der Waals surface area contributed by atoms with E-state index in [9.17, 15) is 9.90 Å². The number of aliphatic hydroxyl groups excluding tert-OH is 1. The lowest BCUT2D eigenvalue weighted by molar-refractivity contribution is 0.167. The van der Waals surface area contributed by atoms with Crippen LogP contribution in [0, 0.1) is 0 Å². The smallest absolute Gasteiger partial charge is 0.319 e. The van der Waals surface area contributed by atoms with Crippen LogP contribution >= 0.6 is 0 Å². The lowest BCUT2D eigenvalue weighted by Crippen LogP contribution is -2.30. The van der Waals surface area contributed by atoms with Gasteiger partial charge in [0.1, 0.15) is 5.69 Å². The van der Waals surface area contributed by atoms with E-state index in [1.54, 1.807) is 6.20 Å². The van der Waals surface area contributed by atoms with Crippen molar-refractivity contribution in [1.29, 1.82) is 0 Å². The molecule has 0 saturated carbocycles. The van der Waals surface area contributed by atoms with Crippen LogP contribution in [0.15, 0.2) is 60.9 Å². The third-order valence-electron chi connectivity index (χ3n) is 3.70. The maximum absolute atomic E-state index is 12.0. The first-order valence-electron chi connectivity index (χ1n) is 7.96. The minimum absolute atomic E-state index is 0.346. The first-order valence-corrected chi connectivity index (χ1v) is 7.96. The van der Waals surface area contributed by atoms with Gasteiger partial charge in [-0.05, 0) is 24.1 Å². The van der Waals surface area contributed by atoms with Crippen molar-refractivity contribution in [1.82, 2.24) is 20.5 Å². The van der Waals surface area contributed by atoms with Crippen LogP contribution in [0.3, 0.4) is 0 Å². The summed E-state index contributed by atoms with van der Waals surface area (Å²) in [7, 11) is 0. The molecule has 0 aliphatic rings. The molecule has 0 aliphatic carbocycles. The number of H-pyrrole nitrogens is 1. The summed E-state index contributed by atoms with van der Waals surface area (Å²) < 4.78 is 0. The van der Waals surface area contributed by atoms with E-state index in [0.717, 1.165) is 5.56 Å². The van der Waals surface area contributed by atoms with E-state index in [1.165, 1.54) is 6.20 Å². The van der Waals surface area contributed by atoms with E-state index in [0.29, 0.717) is 30.0 Å². The Morgan fingerprint density at radius 3 is 2.72 bits per heavy atom. The number of benzene rings is 1. The van der Waals surface area contributed by atoms with Crippen molar-refractivity contribution in [3.05, 3.63) is 66.5 Å². The summed E-state index contributed by atoms with van der Waals surface area (Å²) in [5.41, 5.74) is 2.70. The minimum Gasteiger partial charge on any atom is -0.388 e. The Morgan fingerprint density at radius 2 is 1.96 bits per heavy atom. The lowest BCUT2D eigenvalue weighted by Gasteiger charge is -2.12. The molecule has 3 rings (SSSR count). The Labute approximate surface area is 145 Å². The minimum atomic E-state index is -0.612. The van der Waals surface area contributed by atoms with E-state index >= 15 is 0 Å². The van der Waals surface area contributed by atoms with Gasteiger partial charge in [0.25, 0.3) is 0 Å². The molecule has 0 spiro atoms. The molecule has 0 saturated heterocycles. The summed E-state index contributed by atoms with van der Waals surface area (Å²) in [5.74, 6) is 0. The van der Waals surface area contributed by atoms with Crippen LogP contribution in [-0.2, 0) is 0 Å². The molecule has 1 aromatic carbocycles. The standard InChI is InChI=1S/C18H19N5O2/c24-16(13-6-2-1-3-7-13)9-11-20-18(25)22-15-12-21-23-17(15)14-8-4-5-10-19-14/h1-8,10,12,16,24H,9,11H2,(H,21,23)(H2,20,22,25). The molecule has 2 aromatic heterocycles. The van der Waals surface area contributed by atoms with Crippen molar-refractivity contribution < 1.29 is 9.90 Å². The SMILES string of the molecule is O=C(NCCC(O)c1ccccc1)Nc1cn[nH]c1-c1ccccn1. The lowest BCUT2D eigenvalue weighted by atomic mass is 10.1. The number of hydrogen-bond acceptors (Lipinski definition) is 4. The van der Waals surface area contributed by atoms with Crippen molar-refractivity contribution in [2.75, 3.05) is 11.9 Å². The molecule has 128 valence electrons. The van der Waals surface area contributed by atoms with Crippen molar-refractivity contribution in [2.24, 2.45) is 0 Å². The Hall–Kier alpha value is -3.19. The highest BCUT2D eigenvalue weighted by molar-refractivity contribution is 5.92. The Kier molecular flexibility index (Phi) is 5.38. The zero-order valence-electron chi connectivity index (χ0n) is 13.5. The third-order valence-corrected chi connectivity index (χ3v) is 3.70. The quantitative estimate of drug-likeness (QED) is 0.555. The van der Waals surface area contributed by atoms with E-state index in [4.69, 9.17) is 0 Å². The maximum atomic E-state index is 12.0. The molecule has 2 amide bonds. The summed E-state index contributed by atoms with van der Waals surface area (Å²) in [6.07, 6.45) is 3.02. The van der Waals surface area contributed by atoms with Crippen LogP contribution in [0.2, 0.25) is 0 Å². The molecule has 3 aromatic rings. The van der Waals surface area contributed by atoms with E-state index in [1.807, 2.05) is 48.5 Å². The van der Waals surface area contributed by atoms with Gasteiger partial charge in [-0.3, -0.25) is 10.1 Å². The number of carbonyl (C=O) groups is 1. The number of urea groups is 1. The largest absolute Gasteiger partial charge is 0.388 e. The number of aromatic amines is 1. The van der Waals surface area contributed by atoms with Gasteiger partial charge in [-0.25, -0.2) is 4.79 Å². The molecule has 7 heteroatoms. The fraction of sp³-hybridized carbons (Fsp3) is 0.167. The van der Waals surface area contributed by atoms with Gasteiger partial charge in [-0.15, -0.1) is 0 Å². The summed E-state index contributed by atoms with van der Waals surface area (Å²) in [6, 6.07) is 14.5. The second-order valence-corrected chi connectivity index (χ2v) is 5.47. The second kappa shape index (κ2) is 8.07. The van der Waals surface area contributed by atoms with Gasteiger partial charge in [0, 0.05) is 12.7 Å². The average Bonchev–Trinajstić information content (AvgIpc) is 3.11. The van der Waals surface area contributed by atoms with E-state index < -0.39 is 6.10 Å². The molecule has 1 atom stereocenters. The van der Waals surface area contributed by atoms with Crippen LogP contribution in [0.25, 0.3) is 11.4 Å². The highest BCUT2D eigenvalue weighted by Crippen LogP contribution is 2.22. The van der Waals surface area contributed by atoms with Crippen LogP contribution in [0.4, 0.5) is 10.5 Å². The summed E-state index contributed by atoms with van der Waals surface area (Å²) >= 11 is 0. The maximum Gasteiger partial charge on any atom is 0.319 e. The summed E-state index contributed by atoms with van der Waals surface area (Å²) in [4.78, 5) is 16.3. The summed E-state index contributed by atoms with van der Waals surface area (Å²) in [6.45, 7) is 0.346. The van der Waals surface area contributed by atoms with Gasteiger partial charge in [0.2, 0.25) is 0 Å². The van der Waals surface area contributed by atoms with Crippen molar-refractivity contribution in [3.8, 4) is 11.4 Å². The number of amides is 2. The fourth-order valence-electron chi connectivity index (χ4n) is 2.42. The number of hydrogen-bond donors (Lipinski definition) is 4. The Bertz CT molecular complexity index is 805. The van der Waals surface area contributed by atoms with Crippen molar-refractivity contribution >= 4 is 11.7 Å².